The van der Waals surface area contributed by atoms with Crippen molar-refractivity contribution in [3.8, 4) is 0 Å². The van der Waals surface area contributed by atoms with Crippen molar-refractivity contribution < 1.29 is 14.3 Å². The number of ketones is 1. The predicted molar refractivity (Wildman–Crippen MR) is 107 cm³/mol. The summed E-state index contributed by atoms with van der Waals surface area (Å²) in [6, 6.07) is 2.12. The Bertz CT molecular complexity index is 832. The molecule has 1 saturated carbocycles. The minimum absolute atomic E-state index is 0.0904. The standard InChI is InChI=1S/C20H25NO3S2/c1-10-7-12(19(25-6)26-10)16-15(18(23)24-5)11(2)21-13-8-20(3,4)9-14(22)17(13)16/h7,16-17H,8-9H2,1-6H3/t16-,17?/m0/s1. The summed E-state index contributed by atoms with van der Waals surface area (Å²) < 4.78 is 6.22. The van der Waals surface area contributed by atoms with E-state index < -0.39 is 0 Å². The number of ether oxygens (including phenoxy) is 1. The molecule has 0 amide bonds. The lowest BCUT2D eigenvalue weighted by molar-refractivity contribution is -0.136. The van der Waals surface area contributed by atoms with Crippen molar-refractivity contribution in [2.75, 3.05) is 13.4 Å². The Hall–Kier alpha value is -1.40. The maximum Gasteiger partial charge on any atom is 0.336 e. The van der Waals surface area contributed by atoms with Gasteiger partial charge in [0, 0.05) is 28.6 Å². The summed E-state index contributed by atoms with van der Waals surface area (Å²) in [6.07, 6.45) is 3.33. The molecule has 1 unspecified atom stereocenters. The molecular formula is C20H25NO3S2. The molecule has 1 aliphatic carbocycles. The number of hydrogen-bond acceptors (Lipinski definition) is 6. The summed E-state index contributed by atoms with van der Waals surface area (Å²) in [4.78, 5) is 31.6. The number of hydrogen-bond donors (Lipinski definition) is 0. The molecule has 0 spiro atoms. The van der Waals surface area contributed by atoms with E-state index in [9.17, 15) is 9.59 Å². The van der Waals surface area contributed by atoms with Gasteiger partial charge in [-0.1, -0.05) is 13.8 Å². The molecule has 0 radical (unpaired) electrons. The van der Waals surface area contributed by atoms with Crippen LogP contribution < -0.4 is 0 Å². The van der Waals surface area contributed by atoms with Gasteiger partial charge in [-0.15, -0.1) is 23.1 Å². The quantitative estimate of drug-likeness (QED) is 0.550. The average Bonchev–Trinajstić information content (AvgIpc) is 2.92. The topological polar surface area (TPSA) is 55.7 Å². The Kier molecular flexibility index (Phi) is 5.19. The molecule has 3 rings (SSSR count). The van der Waals surface area contributed by atoms with E-state index in [4.69, 9.17) is 9.73 Å². The number of allylic oxidation sites excluding steroid dienone is 1. The van der Waals surface area contributed by atoms with Gasteiger partial charge in [-0.3, -0.25) is 9.79 Å². The second-order valence-electron chi connectivity index (χ2n) is 7.84. The van der Waals surface area contributed by atoms with Gasteiger partial charge in [0.05, 0.1) is 22.8 Å². The third kappa shape index (κ3) is 3.29. The molecular weight excluding hydrogens is 366 g/mol. The first kappa shape index (κ1) is 19.4. The highest BCUT2D eigenvalue weighted by atomic mass is 32.2. The fourth-order valence-electron chi connectivity index (χ4n) is 4.19. The molecule has 2 heterocycles. The van der Waals surface area contributed by atoms with Gasteiger partial charge in [0.15, 0.2) is 0 Å². The second-order valence-corrected chi connectivity index (χ2v) is 10.2. The van der Waals surface area contributed by atoms with Gasteiger partial charge in [-0.05, 0) is 43.6 Å². The minimum Gasteiger partial charge on any atom is -0.466 e. The Labute approximate surface area is 163 Å². The molecule has 1 aromatic rings. The van der Waals surface area contributed by atoms with Gasteiger partial charge in [0.25, 0.3) is 0 Å². The molecule has 1 aromatic heterocycles. The number of rotatable bonds is 3. The highest BCUT2D eigenvalue weighted by molar-refractivity contribution is 8.00. The average molecular weight is 392 g/mol. The zero-order chi connectivity index (χ0) is 19.2. The van der Waals surface area contributed by atoms with Crippen LogP contribution in [0.4, 0.5) is 0 Å². The first-order valence-corrected chi connectivity index (χ1v) is 10.8. The summed E-state index contributed by atoms with van der Waals surface area (Å²) in [5.74, 6) is -0.870. The number of esters is 1. The molecule has 2 atom stereocenters. The number of thioether (sulfide) groups is 1. The van der Waals surface area contributed by atoms with E-state index in [0.717, 1.165) is 21.9 Å². The fourth-order valence-corrected chi connectivity index (χ4v) is 6.12. The van der Waals surface area contributed by atoms with Crippen molar-refractivity contribution in [1.29, 1.82) is 0 Å². The highest BCUT2D eigenvalue weighted by Gasteiger charge is 2.48. The number of carbonyl (C=O) groups is 2. The van der Waals surface area contributed by atoms with Crippen LogP contribution in [0.5, 0.6) is 0 Å². The molecule has 26 heavy (non-hydrogen) atoms. The largest absolute Gasteiger partial charge is 0.466 e. The highest BCUT2D eigenvalue weighted by Crippen LogP contribution is 2.50. The number of carbonyl (C=O) groups excluding carboxylic acids is 2. The molecule has 0 N–H and O–H groups in total. The molecule has 0 aromatic carbocycles. The van der Waals surface area contributed by atoms with Crippen LogP contribution in [0.25, 0.3) is 0 Å². The van der Waals surface area contributed by atoms with Crippen LogP contribution in [0.2, 0.25) is 0 Å². The predicted octanol–water partition coefficient (Wildman–Crippen LogP) is 4.77. The molecule has 6 heteroatoms. The number of methoxy groups -OCH3 is 1. The van der Waals surface area contributed by atoms with Crippen molar-refractivity contribution in [2.24, 2.45) is 16.3 Å². The summed E-state index contributed by atoms with van der Waals surface area (Å²) in [5.41, 5.74) is 3.09. The second kappa shape index (κ2) is 6.97. The first-order valence-electron chi connectivity index (χ1n) is 8.72. The lowest BCUT2D eigenvalue weighted by atomic mass is 9.63. The van der Waals surface area contributed by atoms with E-state index in [2.05, 4.69) is 26.8 Å². The molecule has 140 valence electrons. The number of nitrogens with zero attached hydrogens (tertiary/aromatic N) is 1. The monoisotopic (exact) mass is 391 g/mol. The van der Waals surface area contributed by atoms with Crippen LogP contribution in [0.3, 0.4) is 0 Å². The molecule has 1 fully saturated rings. The lowest BCUT2D eigenvalue weighted by Gasteiger charge is -2.41. The van der Waals surface area contributed by atoms with Gasteiger partial charge in [-0.2, -0.15) is 0 Å². The number of aryl methyl sites for hydroxylation is 1. The number of fused-ring (bicyclic) bond motifs is 1. The Balaban J connectivity index is 2.22. The van der Waals surface area contributed by atoms with Crippen LogP contribution in [0.1, 0.15) is 50.0 Å². The first-order chi connectivity index (χ1) is 12.2. The summed E-state index contributed by atoms with van der Waals surface area (Å²) >= 11 is 3.37. The SMILES string of the molecule is COC(=O)C1=C(C)N=C2CC(C)(C)CC(=O)C2[C@H]1c1cc(C)sc1SC. The zero-order valence-corrected chi connectivity index (χ0v) is 17.8. The van der Waals surface area contributed by atoms with Crippen LogP contribution >= 0.6 is 23.1 Å². The maximum atomic E-state index is 13.1. The molecule has 0 saturated heterocycles. The Morgan fingerprint density at radius 2 is 2.00 bits per heavy atom. The fraction of sp³-hybridized carbons (Fsp3) is 0.550. The van der Waals surface area contributed by atoms with E-state index in [1.165, 1.54) is 12.0 Å². The number of Topliss-reactive ketones (excluding diaryl/α,β-unsaturated/α-hetero) is 1. The van der Waals surface area contributed by atoms with Crippen LogP contribution in [-0.4, -0.2) is 30.8 Å². The van der Waals surface area contributed by atoms with Crippen molar-refractivity contribution in [3.05, 3.63) is 27.8 Å². The van der Waals surface area contributed by atoms with E-state index in [0.29, 0.717) is 17.7 Å². The van der Waals surface area contributed by atoms with Gasteiger partial charge < -0.3 is 4.74 Å². The van der Waals surface area contributed by atoms with Gasteiger partial charge >= 0.3 is 5.97 Å². The van der Waals surface area contributed by atoms with E-state index in [1.54, 1.807) is 23.1 Å². The minimum atomic E-state index is -0.385. The molecule has 4 nitrogen and oxygen atoms in total. The van der Waals surface area contributed by atoms with Crippen LogP contribution in [-0.2, 0) is 14.3 Å². The van der Waals surface area contributed by atoms with Crippen molar-refractivity contribution >= 4 is 40.6 Å². The van der Waals surface area contributed by atoms with Crippen LogP contribution in [0, 0.1) is 18.3 Å². The third-order valence-corrected chi connectivity index (χ3v) is 7.36. The van der Waals surface area contributed by atoms with Crippen LogP contribution in [0.15, 0.2) is 26.5 Å². The van der Waals surface area contributed by atoms with E-state index >= 15 is 0 Å². The van der Waals surface area contributed by atoms with Gasteiger partial charge in [-0.25, -0.2) is 4.79 Å². The Morgan fingerprint density at radius 3 is 2.62 bits per heavy atom. The van der Waals surface area contributed by atoms with Crippen molar-refractivity contribution in [3.63, 3.8) is 0 Å². The number of thiophene rings is 1. The van der Waals surface area contributed by atoms with E-state index in [1.807, 2.05) is 13.2 Å². The molecule has 2 aliphatic rings. The van der Waals surface area contributed by atoms with E-state index in [-0.39, 0.29) is 29.0 Å². The summed E-state index contributed by atoms with van der Waals surface area (Å²) in [5, 5.41) is 0. The lowest BCUT2D eigenvalue weighted by Crippen LogP contribution is -2.44. The third-order valence-electron chi connectivity index (χ3n) is 5.14. The zero-order valence-electron chi connectivity index (χ0n) is 16.1. The van der Waals surface area contributed by atoms with Crippen molar-refractivity contribution in [1.82, 2.24) is 0 Å². The Morgan fingerprint density at radius 1 is 1.31 bits per heavy atom. The van der Waals surface area contributed by atoms with Gasteiger partial charge in [0.1, 0.15) is 5.78 Å². The maximum absolute atomic E-state index is 13.1. The smallest absolute Gasteiger partial charge is 0.336 e. The summed E-state index contributed by atoms with van der Waals surface area (Å²) in [7, 11) is 1.39. The normalized spacial score (nSPS) is 25.0. The molecule has 1 aliphatic heterocycles. The van der Waals surface area contributed by atoms with Gasteiger partial charge in [0.2, 0.25) is 0 Å². The number of aliphatic imine (C=N–C) groups is 1. The summed E-state index contributed by atoms with van der Waals surface area (Å²) in [6.45, 7) is 8.13. The van der Waals surface area contributed by atoms with Crippen molar-refractivity contribution in [2.45, 2.75) is 50.7 Å². The molecule has 0 bridgehead atoms.